The Kier molecular flexibility index (Phi) is 5.41. The van der Waals surface area contributed by atoms with E-state index in [1.54, 1.807) is 18.2 Å². The van der Waals surface area contributed by atoms with Crippen LogP contribution in [-0.2, 0) is 0 Å². The summed E-state index contributed by atoms with van der Waals surface area (Å²) in [6.07, 6.45) is 1.10. The molecule has 2 nitrogen and oxygen atoms in total. The fourth-order valence-electron chi connectivity index (χ4n) is 2.22. The fourth-order valence-corrected chi connectivity index (χ4v) is 3.88. The summed E-state index contributed by atoms with van der Waals surface area (Å²) >= 11 is 13.9. The van der Waals surface area contributed by atoms with Gasteiger partial charge in [-0.25, -0.2) is 0 Å². The first kappa shape index (κ1) is 16.2. The molecular formula is C15H19Cl2NOS. The average molecular weight is 332 g/mol. The highest BCUT2D eigenvalue weighted by Gasteiger charge is 2.25. The fraction of sp³-hybridized carbons (Fsp3) is 0.533. The molecule has 0 unspecified atom stereocenters. The van der Waals surface area contributed by atoms with Gasteiger partial charge in [0, 0.05) is 27.6 Å². The van der Waals surface area contributed by atoms with Gasteiger partial charge in [0.2, 0.25) is 0 Å². The van der Waals surface area contributed by atoms with Crippen molar-refractivity contribution in [3.8, 4) is 0 Å². The minimum absolute atomic E-state index is 0.0661. The van der Waals surface area contributed by atoms with Crippen molar-refractivity contribution in [1.82, 2.24) is 4.90 Å². The van der Waals surface area contributed by atoms with Crippen LogP contribution in [0.25, 0.3) is 0 Å². The van der Waals surface area contributed by atoms with Gasteiger partial charge in [-0.15, -0.1) is 0 Å². The van der Waals surface area contributed by atoms with Crippen LogP contribution in [0.5, 0.6) is 0 Å². The lowest BCUT2D eigenvalue weighted by Gasteiger charge is -2.22. The molecule has 20 heavy (non-hydrogen) atoms. The SMILES string of the molecule is CC1(C)CCN(CC(=O)c2ccc(Cl)cc2Cl)CCS1. The van der Waals surface area contributed by atoms with Crippen LogP contribution in [0.2, 0.25) is 10.0 Å². The first-order valence-corrected chi connectivity index (χ1v) is 8.46. The van der Waals surface area contributed by atoms with Crippen molar-refractivity contribution in [3.05, 3.63) is 33.8 Å². The van der Waals surface area contributed by atoms with Gasteiger partial charge in [0.25, 0.3) is 0 Å². The van der Waals surface area contributed by atoms with Crippen LogP contribution in [0, 0.1) is 0 Å². The molecule has 5 heteroatoms. The van der Waals surface area contributed by atoms with Gasteiger partial charge in [0.15, 0.2) is 5.78 Å². The molecule has 0 spiro atoms. The summed E-state index contributed by atoms with van der Waals surface area (Å²) in [6.45, 7) is 6.86. The van der Waals surface area contributed by atoms with Gasteiger partial charge in [-0.1, -0.05) is 37.0 Å². The topological polar surface area (TPSA) is 20.3 Å². The molecule has 1 aromatic rings. The molecule has 0 aromatic heterocycles. The standard InChI is InChI=1S/C15H19Cl2NOS/c1-15(2)5-6-18(7-8-20-15)10-14(19)12-4-3-11(16)9-13(12)17/h3-4,9H,5-8,10H2,1-2H3. The van der Waals surface area contributed by atoms with Gasteiger partial charge < -0.3 is 0 Å². The maximum absolute atomic E-state index is 12.3. The highest BCUT2D eigenvalue weighted by molar-refractivity contribution is 8.00. The van der Waals surface area contributed by atoms with E-state index in [0.29, 0.717) is 26.9 Å². The van der Waals surface area contributed by atoms with Crippen LogP contribution in [0.1, 0.15) is 30.6 Å². The largest absolute Gasteiger partial charge is 0.295 e. The molecule has 110 valence electrons. The molecule has 0 radical (unpaired) electrons. The number of carbonyl (C=O) groups excluding carboxylic acids is 1. The number of hydrogen-bond donors (Lipinski definition) is 0. The van der Waals surface area contributed by atoms with E-state index >= 15 is 0 Å². The molecular weight excluding hydrogens is 313 g/mol. The maximum atomic E-state index is 12.3. The molecule has 1 aliphatic heterocycles. The van der Waals surface area contributed by atoms with Gasteiger partial charge in [0.1, 0.15) is 0 Å². The number of Topliss-reactive ketones (excluding diaryl/α,β-unsaturated/α-hetero) is 1. The summed E-state index contributed by atoms with van der Waals surface area (Å²) in [5, 5.41) is 0.992. The Morgan fingerprint density at radius 3 is 2.80 bits per heavy atom. The summed E-state index contributed by atoms with van der Waals surface area (Å²) in [4.78, 5) is 14.6. The van der Waals surface area contributed by atoms with Crippen LogP contribution in [0.15, 0.2) is 18.2 Å². The van der Waals surface area contributed by atoms with Gasteiger partial charge in [0.05, 0.1) is 11.6 Å². The van der Waals surface area contributed by atoms with E-state index in [2.05, 4.69) is 18.7 Å². The Hall–Kier alpha value is -0.220. The van der Waals surface area contributed by atoms with E-state index in [-0.39, 0.29) is 5.78 Å². The minimum Gasteiger partial charge on any atom is -0.295 e. The van der Waals surface area contributed by atoms with Crippen molar-refractivity contribution in [2.24, 2.45) is 0 Å². The number of nitrogens with zero attached hydrogens (tertiary/aromatic N) is 1. The first-order valence-electron chi connectivity index (χ1n) is 6.72. The Labute approximate surface area is 134 Å². The highest BCUT2D eigenvalue weighted by Crippen LogP contribution is 2.30. The Morgan fingerprint density at radius 1 is 1.35 bits per heavy atom. The highest BCUT2D eigenvalue weighted by atomic mass is 35.5. The molecule has 1 aromatic carbocycles. The number of carbonyl (C=O) groups is 1. The van der Waals surface area contributed by atoms with Crippen LogP contribution in [-0.4, -0.2) is 40.8 Å². The third kappa shape index (κ3) is 4.39. The molecule has 1 saturated heterocycles. The molecule has 0 amide bonds. The van der Waals surface area contributed by atoms with Gasteiger partial charge in [-0.2, -0.15) is 11.8 Å². The molecule has 1 heterocycles. The minimum atomic E-state index is 0.0661. The third-order valence-corrected chi connectivity index (χ3v) is 5.45. The zero-order chi connectivity index (χ0) is 14.8. The molecule has 0 saturated carbocycles. The van der Waals surface area contributed by atoms with Crippen molar-refractivity contribution in [3.63, 3.8) is 0 Å². The van der Waals surface area contributed by atoms with E-state index in [1.165, 1.54) is 0 Å². The second kappa shape index (κ2) is 6.69. The van der Waals surface area contributed by atoms with Crippen molar-refractivity contribution in [2.75, 3.05) is 25.4 Å². The first-order chi connectivity index (χ1) is 9.37. The number of ketones is 1. The Morgan fingerprint density at radius 2 is 2.10 bits per heavy atom. The molecule has 1 aliphatic rings. The van der Waals surface area contributed by atoms with E-state index in [4.69, 9.17) is 23.2 Å². The number of halogens is 2. The summed E-state index contributed by atoms with van der Waals surface area (Å²) in [6, 6.07) is 5.04. The van der Waals surface area contributed by atoms with Gasteiger partial charge in [-0.3, -0.25) is 9.69 Å². The molecule has 1 fully saturated rings. The van der Waals surface area contributed by atoms with Crippen LogP contribution >= 0.6 is 35.0 Å². The van der Waals surface area contributed by atoms with Gasteiger partial charge in [-0.05, 0) is 31.2 Å². The summed E-state index contributed by atoms with van der Waals surface area (Å²) in [7, 11) is 0. The smallest absolute Gasteiger partial charge is 0.178 e. The zero-order valence-corrected chi connectivity index (χ0v) is 14.1. The molecule has 0 aliphatic carbocycles. The van der Waals surface area contributed by atoms with E-state index in [9.17, 15) is 4.79 Å². The van der Waals surface area contributed by atoms with Crippen molar-refractivity contribution < 1.29 is 4.79 Å². The number of hydrogen-bond acceptors (Lipinski definition) is 3. The van der Waals surface area contributed by atoms with Crippen molar-refractivity contribution >= 4 is 40.7 Å². The van der Waals surface area contributed by atoms with E-state index in [0.717, 1.165) is 25.3 Å². The number of benzene rings is 1. The van der Waals surface area contributed by atoms with Crippen LogP contribution in [0.3, 0.4) is 0 Å². The van der Waals surface area contributed by atoms with Crippen molar-refractivity contribution in [1.29, 1.82) is 0 Å². The van der Waals surface area contributed by atoms with Crippen molar-refractivity contribution in [2.45, 2.75) is 25.0 Å². The molecule has 0 atom stereocenters. The summed E-state index contributed by atoms with van der Waals surface area (Å²) in [5.74, 6) is 1.13. The summed E-state index contributed by atoms with van der Waals surface area (Å²) in [5.41, 5.74) is 0.562. The maximum Gasteiger partial charge on any atom is 0.178 e. The predicted molar refractivity (Wildman–Crippen MR) is 88.4 cm³/mol. The van der Waals surface area contributed by atoms with Crippen LogP contribution < -0.4 is 0 Å². The van der Waals surface area contributed by atoms with Gasteiger partial charge >= 0.3 is 0 Å². The van der Waals surface area contributed by atoms with E-state index in [1.807, 2.05) is 11.8 Å². The lowest BCUT2D eigenvalue weighted by Crippen LogP contribution is -2.32. The zero-order valence-electron chi connectivity index (χ0n) is 11.8. The average Bonchev–Trinajstić information content (AvgIpc) is 2.51. The van der Waals surface area contributed by atoms with Crippen LogP contribution in [0.4, 0.5) is 0 Å². The Bertz CT molecular complexity index is 505. The second-order valence-electron chi connectivity index (χ2n) is 5.68. The summed E-state index contributed by atoms with van der Waals surface area (Å²) < 4.78 is 0.301. The molecule has 2 rings (SSSR count). The molecule has 0 N–H and O–H groups in total. The third-order valence-electron chi connectivity index (χ3n) is 3.53. The lowest BCUT2D eigenvalue weighted by atomic mass is 10.1. The normalized spacial score (nSPS) is 19.6. The Balaban J connectivity index is 2.01. The predicted octanol–water partition coefficient (Wildman–Crippen LogP) is 4.39. The molecule has 0 bridgehead atoms. The quantitative estimate of drug-likeness (QED) is 0.766. The van der Waals surface area contributed by atoms with E-state index < -0.39 is 0 Å². The number of thioether (sulfide) groups is 1. The monoisotopic (exact) mass is 331 g/mol. The lowest BCUT2D eigenvalue weighted by molar-refractivity contribution is 0.0934. The second-order valence-corrected chi connectivity index (χ2v) is 8.33. The number of rotatable bonds is 3.